The maximum absolute atomic E-state index is 12.3. The summed E-state index contributed by atoms with van der Waals surface area (Å²) in [5.41, 5.74) is 1.60. The lowest BCUT2D eigenvalue weighted by atomic mass is 9.97. The van der Waals surface area contributed by atoms with Gasteiger partial charge >= 0.3 is 11.7 Å². The van der Waals surface area contributed by atoms with E-state index in [4.69, 9.17) is 9.15 Å². The monoisotopic (exact) mass is 423 g/mol. The van der Waals surface area contributed by atoms with Crippen LogP contribution in [-0.4, -0.2) is 28.3 Å². The predicted molar refractivity (Wildman–Crippen MR) is 114 cm³/mol. The van der Waals surface area contributed by atoms with Gasteiger partial charge in [-0.15, -0.1) is 5.10 Å². The molecule has 0 aliphatic rings. The number of hydrogen-bond donors (Lipinski definition) is 1. The Balaban J connectivity index is 1.55. The molecule has 1 N–H and O–H groups in total. The molecule has 1 heterocycles. The van der Waals surface area contributed by atoms with Crippen LogP contribution in [0.15, 0.2) is 69.9 Å². The second kappa shape index (κ2) is 10.4. The Hall–Kier alpha value is -3.68. The van der Waals surface area contributed by atoms with Crippen molar-refractivity contribution < 1.29 is 18.7 Å². The van der Waals surface area contributed by atoms with Crippen LogP contribution in [0, 0.1) is 5.92 Å². The highest BCUT2D eigenvalue weighted by molar-refractivity contribution is 5.80. The van der Waals surface area contributed by atoms with Crippen molar-refractivity contribution in [3.63, 3.8) is 0 Å². The molecule has 1 amide bonds. The van der Waals surface area contributed by atoms with E-state index in [0.717, 1.165) is 16.7 Å². The summed E-state index contributed by atoms with van der Waals surface area (Å²) in [5.74, 6) is -1.48. The first kappa shape index (κ1) is 22.0. The Morgan fingerprint density at radius 1 is 1.06 bits per heavy atom. The van der Waals surface area contributed by atoms with Crippen LogP contribution in [0.2, 0.25) is 0 Å². The maximum atomic E-state index is 12.3. The van der Waals surface area contributed by atoms with E-state index >= 15 is 0 Å². The minimum atomic E-state index is -0.777. The van der Waals surface area contributed by atoms with Crippen molar-refractivity contribution in [2.45, 2.75) is 32.9 Å². The van der Waals surface area contributed by atoms with Crippen molar-refractivity contribution >= 4 is 11.9 Å². The SMILES string of the molecule is CC(C)C[C@@H](NC(=O)COC(=O)Cn1nc(-c2ccccc2)oc1=O)c1ccccc1. The maximum Gasteiger partial charge on any atom is 0.437 e. The highest BCUT2D eigenvalue weighted by Gasteiger charge is 2.18. The van der Waals surface area contributed by atoms with Gasteiger partial charge in [-0.1, -0.05) is 62.4 Å². The van der Waals surface area contributed by atoms with E-state index in [0.29, 0.717) is 11.5 Å². The fraction of sp³-hybridized carbons (Fsp3) is 0.304. The van der Waals surface area contributed by atoms with Crippen LogP contribution in [0.4, 0.5) is 0 Å². The smallest absolute Gasteiger partial charge is 0.437 e. The molecule has 0 bridgehead atoms. The van der Waals surface area contributed by atoms with E-state index in [1.807, 2.05) is 36.4 Å². The summed E-state index contributed by atoms with van der Waals surface area (Å²) in [7, 11) is 0. The number of ether oxygens (including phenoxy) is 1. The lowest BCUT2D eigenvalue weighted by Crippen LogP contribution is -2.34. The molecule has 0 aliphatic carbocycles. The Morgan fingerprint density at radius 2 is 1.71 bits per heavy atom. The van der Waals surface area contributed by atoms with Gasteiger partial charge in [0.2, 0.25) is 5.89 Å². The van der Waals surface area contributed by atoms with Crippen molar-refractivity contribution in [2.75, 3.05) is 6.61 Å². The molecule has 0 unspecified atom stereocenters. The van der Waals surface area contributed by atoms with E-state index in [1.54, 1.807) is 24.3 Å². The molecule has 0 radical (unpaired) electrons. The van der Waals surface area contributed by atoms with E-state index in [1.165, 1.54) is 0 Å². The lowest BCUT2D eigenvalue weighted by Gasteiger charge is -2.21. The van der Waals surface area contributed by atoms with Gasteiger partial charge in [0.15, 0.2) is 6.61 Å². The summed E-state index contributed by atoms with van der Waals surface area (Å²) in [6.45, 7) is 3.25. The zero-order valence-electron chi connectivity index (χ0n) is 17.5. The number of carbonyl (C=O) groups excluding carboxylic acids is 2. The average Bonchev–Trinajstić information content (AvgIpc) is 3.13. The standard InChI is InChI=1S/C23H25N3O5/c1-16(2)13-19(17-9-5-3-6-10-17)24-20(27)15-30-21(28)14-26-23(29)31-22(25-26)18-11-7-4-8-12-18/h3-12,16,19H,13-15H2,1-2H3,(H,24,27)/t19-/m1/s1. The zero-order valence-corrected chi connectivity index (χ0v) is 17.5. The third-order valence-corrected chi connectivity index (χ3v) is 4.51. The van der Waals surface area contributed by atoms with Gasteiger partial charge in [-0.3, -0.25) is 9.59 Å². The minimum absolute atomic E-state index is 0.107. The Morgan fingerprint density at radius 3 is 2.35 bits per heavy atom. The molecule has 2 aromatic carbocycles. The van der Waals surface area contributed by atoms with Gasteiger partial charge in [0, 0.05) is 5.56 Å². The molecular formula is C23H25N3O5. The van der Waals surface area contributed by atoms with Crippen molar-refractivity contribution in [3.05, 3.63) is 76.8 Å². The largest absolute Gasteiger partial charge is 0.454 e. The highest BCUT2D eigenvalue weighted by Crippen LogP contribution is 2.21. The molecule has 0 saturated heterocycles. The van der Waals surface area contributed by atoms with Crippen LogP contribution in [0.25, 0.3) is 11.5 Å². The molecule has 31 heavy (non-hydrogen) atoms. The first-order valence-corrected chi connectivity index (χ1v) is 10.1. The summed E-state index contributed by atoms with van der Waals surface area (Å²) in [4.78, 5) is 36.4. The molecule has 0 spiro atoms. The third-order valence-electron chi connectivity index (χ3n) is 4.51. The van der Waals surface area contributed by atoms with E-state index in [2.05, 4.69) is 24.3 Å². The fourth-order valence-corrected chi connectivity index (χ4v) is 3.09. The van der Waals surface area contributed by atoms with E-state index in [-0.39, 0.29) is 11.9 Å². The summed E-state index contributed by atoms with van der Waals surface area (Å²) in [5, 5.41) is 6.91. The molecule has 162 valence electrons. The summed E-state index contributed by atoms with van der Waals surface area (Å²) in [6, 6.07) is 18.3. The number of aromatic nitrogens is 2. The number of benzene rings is 2. The van der Waals surface area contributed by atoms with Gasteiger partial charge in [0.05, 0.1) is 6.04 Å². The Bertz CT molecular complexity index is 1060. The lowest BCUT2D eigenvalue weighted by molar-refractivity contribution is -0.149. The Kier molecular flexibility index (Phi) is 7.37. The molecule has 1 aromatic heterocycles. The molecular weight excluding hydrogens is 398 g/mol. The molecule has 0 fully saturated rings. The molecule has 8 heteroatoms. The first-order chi connectivity index (χ1) is 14.9. The predicted octanol–water partition coefficient (Wildman–Crippen LogP) is 2.95. The highest BCUT2D eigenvalue weighted by atomic mass is 16.5. The van der Waals surface area contributed by atoms with Gasteiger partial charge in [0.1, 0.15) is 6.54 Å². The molecule has 3 aromatic rings. The van der Waals surface area contributed by atoms with Crippen LogP contribution < -0.4 is 11.1 Å². The van der Waals surface area contributed by atoms with Crippen LogP contribution in [0.3, 0.4) is 0 Å². The number of esters is 1. The summed E-state index contributed by atoms with van der Waals surface area (Å²) < 4.78 is 11.0. The van der Waals surface area contributed by atoms with Gasteiger partial charge in [0.25, 0.3) is 5.91 Å². The average molecular weight is 423 g/mol. The molecule has 3 rings (SSSR count). The van der Waals surface area contributed by atoms with Crippen LogP contribution in [0.1, 0.15) is 31.9 Å². The minimum Gasteiger partial charge on any atom is -0.454 e. The number of nitrogens with one attached hydrogen (secondary N) is 1. The Labute approximate surface area is 179 Å². The summed E-state index contributed by atoms with van der Waals surface area (Å²) >= 11 is 0. The number of amides is 1. The summed E-state index contributed by atoms with van der Waals surface area (Å²) in [6.07, 6.45) is 0.750. The van der Waals surface area contributed by atoms with Gasteiger partial charge in [-0.05, 0) is 30.0 Å². The second-order valence-corrected chi connectivity index (χ2v) is 7.52. The van der Waals surface area contributed by atoms with Gasteiger partial charge < -0.3 is 14.5 Å². The number of carbonyl (C=O) groups is 2. The third kappa shape index (κ3) is 6.40. The van der Waals surface area contributed by atoms with Crippen molar-refractivity contribution in [1.82, 2.24) is 15.1 Å². The van der Waals surface area contributed by atoms with Crippen LogP contribution in [-0.2, 0) is 20.9 Å². The van der Waals surface area contributed by atoms with E-state index < -0.39 is 30.8 Å². The van der Waals surface area contributed by atoms with Gasteiger partial charge in [-0.25, -0.2) is 4.79 Å². The van der Waals surface area contributed by atoms with E-state index in [9.17, 15) is 14.4 Å². The molecule has 0 saturated carbocycles. The normalized spacial score (nSPS) is 11.8. The zero-order chi connectivity index (χ0) is 22.2. The van der Waals surface area contributed by atoms with Crippen molar-refractivity contribution in [1.29, 1.82) is 0 Å². The van der Waals surface area contributed by atoms with Crippen LogP contribution in [0.5, 0.6) is 0 Å². The fourth-order valence-electron chi connectivity index (χ4n) is 3.09. The molecule has 1 atom stereocenters. The second-order valence-electron chi connectivity index (χ2n) is 7.52. The first-order valence-electron chi connectivity index (χ1n) is 10.1. The number of rotatable bonds is 9. The molecule has 8 nitrogen and oxygen atoms in total. The quantitative estimate of drug-likeness (QED) is 0.531. The van der Waals surface area contributed by atoms with Crippen molar-refractivity contribution in [3.8, 4) is 11.5 Å². The molecule has 0 aliphatic heterocycles. The topological polar surface area (TPSA) is 103 Å². The van der Waals surface area contributed by atoms with Crippen molar-refractivity contribution in [2.24, 2.45) is 5.92 Å². The van der Waals surface area contributed by atoms with Crippen LogP contribution >= 0.6 is 0 Å². The van der Waals surface area contributed by atoms with Gasteiger partial charge in [-0.2, -0.15) is 4.68 Å². The number of nitrogens with zero attached hydrogens (tertiary/aromatic N) is 2. The number of hydrogen-bond acceptors (Lipinski definition) is 6.